The number of carbonyl (C=O) groups is 3. The number of nitrogens with one attached hydrogen (secondary N) is 2. The number of hydrogen-bond donors (Lipinski definition) is 2. The van der Waals surface area contributed by atoms with Crippen LogP contribution in [0.25, 0.3) is 0 Å². The normalized spacial score (nSPS) is 14.5. The first kappa shape index (κ1) is 17.9. The molecule has 0 radical (unpaired) electrons. The highest BCUT2D eigenvalue weighted by Crippen LogP contribution is 2.30. The highest BCUT2D eigenvalue weighted by Gasteiger charge is 2.32. The van der Waals surface area contributed by atoms with E-state index < -0.39 is 5.91 Å². The molecule has 0 aliphatic carbocycles. The van der Waals surface area contributed by atoms with E-state index in [2.05, 4.69) is 10.6 Å². The van der Waals surface area contributed by atoms with Crippen molar-refractivity contribution in [2.45, 2.75) is 0 Å². The molecule has 0 saturated heterocycles. The summed E-state index contributed by atoms with van der Waals surface area (Å²) in [7, 11) is 1.43. The van der Waals surface area contributed by atoms with Crippen LogP contribution < -0.4 is 20.1 Å². The summed E-state index contributed by atoms with van der Waals surface area (Å²) >= 11 is 5.18. The summed E-state index contributed by atoms with van der Waals surface area (Å²) < 4.78 is 10.9. The van der Waals surface area contributed by atoms with Gasteiger partial charge >= 0.3 is 0 Å². The molecule has 2 N–H and O–H groups in total. The Morgan fingerprint density at radius 1 is 1.00 bits per heavy atom. The SMILES string of the molecule is CN1C(=O)c2ccc(NC(=S)NC(=O)c3ccc4c(c3)OCCO4)cc2C1=O. The Balaban J connectivity index is 1.44. The van der Waals surface area contributed by atoms with E-state index in [-0.39, 0.29) is 16.9 Å². The van der Waals surface area contributed by atoms with Crippen LogP contribution in [0, 0.1) is 0 Å². The maximum Gasteiger partial charge on any atom is 0.261 e. The number of ether oxygens (including phenoxy) is 2. The average molecular weight is 397 g/mol. The fraction of sp³-hybridized carbons (Fsp3) is 0.158. The van der Waals surface area contributed by atoms with Gasteiger partial charge in [0.05, 0.1) is 11.1 Å². The molecule has 0 saturated carbocycles. The monoisotopic (exact) mass is 397 g/mol. The molecule has 0 fully saturated rings. The lowest BCUT2D eigenvalue weighted by Gasteiger charge is -2.18. The van der Waals surface area contributed by atoms with Gasteiger partial charge in [-0.2, -0.15) is 0 Å². The summed E-state index contributed by atoms with van der Waals surface area (Å²) in [5.74, 6) is -0.0490. The summed E-state index contributed by atoms with van der Waals surface area (Å²) in [6.07, 6.45) is 0. The van der Waals surface area contributed by atoms with Crippen LogP contribution in [0.15, 0.2) is 36.4 Å². The molecule has 2 heterocycles. The predicted molar refractivity (Wildman–Crippen MR) is 104 cm³/mol. The van der Waals surface area contributed by atoms with E-state index in [1.54, 1.807) is 30.3 Å². The molecule has 3 amide bonds. The van der Waals surface area contributed by atoms with Crippen LogP contribution in [-0.2, 0) is 0 Å². The standard InChI is InChI=1S/C19H15N3O5S/c1-22-17(24)12-4-3-11(9-13(12)18(22)25)20-19(28)21-16(23)10-2-5-14-15(8-10)27-7-6-26-14/h2-5,8-9H,6-7H2,1H3,(H2,20,21,23,28). The summed E-state index contributed by atoms with van der Waals surface area (Å²) in [6, 6.07) is 9.56. The molecule has 0 spiro atoms. The van der Waals surface area contributed by atoms with E-state index in [0.717, 1.165) is 4.90 Å². The lowest BCUT2D eigenvalue weighted by molar-refractivity contribution is 0.0692. The Morgan fingerprint density at radius 3 is 2.50 bits per heavy atom. The van der Waals surface area contributed by atoms with Crippen molar-refractivity contribution in [3.8, 4) is 11.5 Å². The van der Waals surface area contributed by atoms with Gasteiger partial charge in [0.25, 0.3) is 17.7 Å². The minimum absolute atomic E-state index is 0.0602. The van der Waals surface area contributed by atoms with E-state index in [1.807, 2.05) is 0 Å². The second kappa shape index (κ2) is 6.93. The molecule has 8 nitrogen and oxygen atoms in total. The molecular weight excluding hydrogens is 382 g/mol. The Hall–Kier alpha value is -3.46. The number of carbonyl (C=O) groups excluding carboxylic acids is 3. The fourth-order valence-corrected chi connectivity index (χ4v) is 3.17. The van der Waals surface area contributed by atoms with E-state index in [0.29, 0.717) is 47.1 Å². The summed E-state index contributed by atoms with van der Waals surface area (Å²) in [5, 5.41) is 5.48. The maximum atomic E-state index is 12.4. The predicted octanol–water partition coefficient (Wildman–Crippen LogP) is 1.81. The number of nitrogens with zero attached hydrogens (tertiary/aromatic N) is 1. The lowest BCUT2D eigenvalue weighted by Crippen LogP contribution is -2.34. The zero-order valence-corrected chi connectivity index (χ0v) is 15.6. The first-order chi connectivity index (χ1) is 13.4. The van der Waals surface area contributed by atoms with Gasteiger partial charge in [0.1, 0.15) is 13.2 Å². The molecule has 4 rings (SSSR count). The number of fused-ring (bicyclic) bond motifs is 2. The van der Waals surface area contributed by atoms with E-state index >= 15 is 0 Å². The molecule has 142 valence electrons. The zero-order chi connectivity index (χ0) is 19.8. The lowest BCUT2D eigenvalue weighted by atomic mass is 10.1. The minimum atomic E-state index is -0.415. The van der Waals surface area contributed by atoms with Gasteiger partial charge in [-0.25, -0.2) is 0 Å². The fourth-order valence-electron chi connectivity index (χ4n) is 2.96. The number of hydrogen-bond acceptors (Lipinski definition) is 6. The van der Waals surface area contributed by atoms with Gasteiger partial charge in [-0.05, 0) is 48.6 Å². The van der Waals surface area contributed by atoms with Gasteiger partial charge in [0.2, 0.25) is 0 Å². The summed E-state index contributed by atoms with van der Waals surface area (Å²) in [5.41, 5.74) is 1.48. The topological polar surface area (TPSA) is 97.0 Å². The quantitative estimate of drug-likeness (QED) is 0.589. The number of thiocarbonyl (C=S) groups is 1. The van der Waals surface area contributed by atoms with Crippen molar-refractivity contribution in [2.24, 2.45) is 0 Å². The van der Waals surface area contributed by atoms with E-state index in [9.17, 15) is 14.4 Å². The van der Waals surface area contributed by atoms with Crippen LogP contribution in [0.1, 0.15) is 31.1 Å². The third-order valence-corrected chi connectivity index (χ3v) is 4.58. The minimum Gasteiger partial charge on any atom is -0.486 e. The van der Waals surface area contributed by atoms with Gasteiger partial charge in [-0.3, -0.25) is 24.6 Å². The van der Waals surface area contributed by atoms with Crippen LogP contribution in [-0.4, -0.2) is 48.0 Å². The van der Waals surface area contributed by atoms with Crippen LogP contribution in [0.2, 0.25) is 0 Å². The van der Waals surface area contributed by atoms with Crippen molar-refractivity contribution < 1.29 is 23.9 Å². The molecule has 0 atom stereocenters. The van der Waals surface area contributed by atoms with Crippen molar-refractivity contribution >= 4 is 40.7 Å². The third kappa shape index (κ3) is 3.16. The van der Waals surface area contributed by atoms with Crippen LogP contribution in [0.3, 0.4) is 0 Å². The van der Waals surface area contributed by atoms with Crippen LogP contribution >= 0.6 is 12.2 Å². The van der Waals surface area contributed by atoms with E-state index in [4.69, 9.17) is 21.7 Å². The molecule has 2 aromatic carbocycles. The van der Waals surface area contributed by atoms with Gasteiger partial charge in [-0.1, -0.05) is 0 Å². The molecule has 0 bridgehead atoms. The van der Waals surface area contributed by atoms with Gasteiger partial charge in [0, 0.05) is 18.3 Å². The van der Waals surface area contributed by atoms with E-state index in [1.165, 1.54) is 13.1 Å². The Morgan fingerprint density at radius 2 is 1.71 bits per heavy atom. The first-order valence-electron chi connectivity index (χ1n) is 8.42. The van der Waals surface area contributed by atoms with Crippen molar-refractivity contribution in [3.05, 3.63) is 53.1 Å². The van der Waals surface area contributed by atoms with Crippen LogP contribution in [0.4, 0.5) is 5.69 Å². The number of imide groups is 1. The smallest absolute Gasteiger partial charge is 0.261 e. The van der Waals surface area contributed by atoms with Gasteiger partial charge < -0.3 is 14.8 Å². The van der Waals surface area contributed by atoms with Crippen molar-refractivity contribution in [1.82, 2.24) is 10.2 Å². The number of anilines is 1. The Labute approximate surface area is 165 Å². The number of benzene rings is 2. The summed E-state index contributed by atoms with van der Waals surface area (Å²) in [4.78, 5) is 37.5. The first-order valence-corrected chi connectivity index (χ1v) is 8.83. The van der Waals surface area contributed by atoms with Gasteiger partial charge in [-0.15, -0.1) is 0 Å². The van der Waals surface area contributed by atoms with Crippen LogP contribution in [0.5, 0.6) is 11.5 Å². The second-order valence-corrected chi connectivity index (χ2v) is 6.60. The Bertz CT molecular complexity index is 1040. The molecule has 0 aromatic heterocycles. The molecule has 9 heteroatoms. The average Bonchev–Trinajstić information content (AvgIpc) is 2.91. The van der Waals surface area contributed by atoms with Crippen molar-refractivity contribution in [2.75, 3.05) is 25.6 Å². The molecule has 28 heavy (non-hydrogen) atoms. The molecular formula is C19H15N3O5S. The van der Waals surface area contributed by atoms with Gasteiger partial charge in [0.15, 0.2) is 16.6 Å². The summed E-state index contributed by atoms with van der Waals surface area (Å²) in [6.45, 7) is 0.893. The second-order valence-electron chi connectivity index (χ2n) is 6.20. The highest BCUT2D eigenvalue weighted by atomic mass is 32.1. The maximum absolute atomic E-state index is 12.4. The zero-order valence-electron chi connectivity index (χ0n) is 14.8. The molecule has 2 aliphatic rings. The number of rotatable bonds is 2. The van der Waals surface area contributed by atoms with Crippen molar-refractivity contribution in [3.63, 3.8) is 0 Å². The number of amides is 3. The molecule has 0 unspecified atom stereocenters. The third-order valence-electron chi connectivity index (χ3n) is 4.38. The molecule has 2 aliphatic heterocycles. The van der Waals surface area contributed by atoms with Crippen molar-refractivity contribution in [1.29, 1.82) is 0 Å². The Kier molecular flexibility index (Phi) is 4.44. The largest absolute Gasteiger partial charge is 0.486 e. The molecule has 2 aromatic rings. The highest BCUT2D eigenvalue weighted by molar-refractivity contribution is 7.80.